The highest BCUT2D eigenvalue weighted by Gasteiger charge is 2.38. The number of halogens is 4. The van der Waals surface area contributed by atoms with Gasteiger partial charge in [0.15, 0.2) is 0 Å². The minimum Gasteiger partial charge on any atom is -0.475 e. The Hall–Kier alpha value is -3.89. The van der Waals surface area contributed by atoms with Gasteiger partial charge in [-0.05, 0) is 35.4 Å². The third kappa shape index (κ3) is 5.19. The van der Waals surface area contributed by atoms with E-state index in [9.17, 15) is 23.1 Å². The first-order chi connectivity index (χ1) is 17.1. The smallest absolute Gasteiger partial charge is 0.475 e. The highest BCUT2D eigenvalue weighted by atomic mass is 35.5. The Balaban J connectivity index is 0.000000384. The van der Waals surface area contributed by atoms with Crippen molar-refractivity contribution in [3.8, 4) is 11.3 Å². The van der Waals surface area contributed by atoms with Crippen LogP contribution < -0.4 is 5.32 Å². The number of nitrogens with one attached hydrogen (secondary N) is 1. The van der Waals surface area contributed by atoms with Crippen LogP contribution in [0.15, 0.2) is 72.9 Å². The summed E-state index contributed by atoms with van der Waals surface area (Å²) in [6, 6.07) is 20.4. The van der Waals surface area contributed by atoms with Gasteiger partial charge in [-0.3, -0.25) is 9.20 Å². The molecule has 0 saturated heterocycles. The van der Waals surface area contributed by atoms with Crippen LogP contribution in [0.4, 0.5) is 13.2 Å². The quantitative estimate of drug-likeness (QED) is 0.366. The number of rotatable bonds is 3. The Morgan fingerprint density at radius 1 is 1.06 bits per heavy atom. The Morgan fingerprint density at radius 3 is 2.44 bits per heavy atom. The maximum absolute atomic E-state index is 13.1. The van der Waals surface area contributed by atoms with Crippen LogP contribution >= 0.6 is 11.6 Å². The normalized spacial score (nSPS) is 16.7. The highest BCUT2D eigenvalue weighted by molar-refractivity contribution is 6.30. The topological polar surface area (TPSA) is 104 Å². The van der Waals surface area contributed by atoms with Gasteiger partial charge in [0.25, 0.3) is 5.91 Å². The number of pyridine rings is 1. The average Bonchev–Trinajstić information content (AvgIpc) is 3.37. The Morgan fingerprint density at radius 2 is 1.75 bits per heavy atom. The Labute approximate surface area is 207 Å². The van der Waals surface area contributed by atoms with Crippen LogP contribution in [-0.2, 0) is 11.2 Å². The van der Waals surface area contributed by atoms with Crippen molar-refractivity contribution in [3.05, 3.63) is 94.9 Å². The number of fused-ring (bicyclic) bond motifs is 2. The van der Waals surface area contributed by atoms with Crippen molar-refractivity contribution in [1.82, 2.24) is 14.7 Å². The second-order valence-electron chi connectivity index (χ2n) is 7.97. The van der Waals surface area contributed by atoms with Crippen LogP contribution in [0.2, 0.25) is 5.02 Å². The molecule has 0 fully saturated rings. The summed E-state index contributed by atoms with van der Waals surface area (Å²) in [5.74, 6) is -2.82. The molecule has 2 atom stereocenters. The number of carboxylic acid groups (broad SMARTS) is 1. The molecule has 2 heterocycles. The van der Waals surface area contributed by atoms with Gasteiger partial charge in [0.1, 0.15) is 0 Å². The molecule has 0 bridgehead atoms. The third-order valence-electron chi connectivity index (χ3n) is 5.58. The van der Waals surface area contributed by atoms with E-state index >= 15 is 0 Å². The number of carboxylic acids is 1. The lowest BCUT2D eigenvalue weighted by molar-refractivity contribution is -0.192. The summed E-state index contributed by atoms with van der Waals surface area (Å²) < 4.78 is 33.5. The molecule has 7 nitrogen and oxygen atoms in total. The van der Waals surface area contributed by atoms with Gasteiger partial charge in [0, 0.05) is 23.2 Å². The lowest BCUT2D eigenvalue weighted by Crippen LogP contribution is -2.34. The van der Waals surface area contributed by atoms with Crippen LogP contribution in [0.1, 0.15) is 27.8 Å². The lowest BCUT2D eigenvalue weighted by Gasteiger charge is -2.17. The van der Waals surface area contributed by atoms with Crippen molar-refractivity contribution >= 4 is 29.0 Å². The Kier molecular flexibility index (Phi) is 7.00. The van der Waals surface area contributed by atoms with Gasteiger partial charge in [-0.15, -0.1) is 0 Å². The van der Waals surface area contributed by atoms with Crippen LogP contribution in [0.25, 0.3) is 16.8 Å². The van der Waals surface area contributed by atoms with Gasteiger partial charge < -0.3 is 15.5 Å². The number of benzene rings is 2. The minimum absolute atomic E-state index is 0.271. The first kappa shape index (κ1) is 25.2. The number of carbonyl (C=O) groups excluding carboxylic acids is 1. The molecular formula is C25H19ClF3N3O4. The molecule has 2 aromatic carbocycles. The molecule has 1 aliphatic carbocycles. The van der Waals surface area contributed by atoms with Crippen LogP contribution in [-0.4, -0.2) is 43.8 Å². The predicted molar refractivity (Wildman–Crippen MR) is 126 cm³/mol. The van der Waals surface area contributed by atoms with Gasteiger partial charge in [0.2, 0.25) is 5.82 Å². The maximum Gasteiger partial charge on any atom is 0.490 e. The van der Waals surface area contributed by atoms with E-state index in [-0.39, 0.29) is 11.7 Å². The van der Waals surface area contributed by atoms with Crippen molar-refractivity contribution in [2.75, 3.05) is 0 Å². The van der Waals surface area contributed by atoms with Crippen LogP contribution in [0, 0.1) is 0 Å². The number of carbonyl (C=O) groups is 2. The van der Waals surface area contributed by atoms with Crippen molar-refractivity contribution in [2.45, 2.75) is 24.7 Å². The fourth-order valence-electron chi connectivity index (χ4n) is 4.00. The number of amides is 1. The van der Waals surface area contributed by atoms with E-state index in [0.717, 1.165) is 22.2 Å². The summed E-state index contributed by atoms with van der Waals surface area (Å²) in [5, 5.41) is 21.2. The van der Waals surface area contributed by atoms with E-state index in [1.165, 1.54) is 0 Å². The number of aliphatic carboxylic acids is 1. The van der Waals surface area contributed by atoms with E-state index in [4.69, 9.17) is 21.5 Å². The van der Waals surface area contributed by atoms with Crippen LogP contribution in [0.3, 0.4) is 0 Å². The number of imidazole rings is 1. The van der Waals surface area contributed by atoms with Crippen molar-refractivity contribution in [3.63, 3.8) is 0 Å². The fourth-order valence-corrected chi connectivity index (χ4v) is 4.19. The van der Waals surface area contributed by atoms with E-state index in [2.05, 4.69) is 10.3 Å². The maximum atomic E-state index is 13.1. The zero-order valence-corrected chi connectivity index (χ0v) is 19.2. The van der Waals surface area contributed by atoms with Gasteiger partial charge in [-0.2, -0.15) is 13.2 Å². The number of alkyl halides is 3. The molecule has 36 heavy (non-hydrogen) atoms. The summed E-state index contributed by atoms with van der Waals surface area (Å²) in [5.41, 5.74) is 4.34. The largest absolute Gasteiger partial charge is 0.490 e. The number of hydrogen-bond acceptors (Lipinski definition) is 4. The monoisotopic (exact) mass is 517 g/mol. The summed E-state index contributed by atoms with van der Waals surface area (Å²) in [7, 11) is 0. The molecule has 11 heteroatoms. The molecule has 1 aliphatic rings. The number of aliphatic hydroxyl groups is 1. The number of aromatic nitrogens is 2. The molecule has 4 aromatic rings. The molecule has 3 N–H and O–H groups in total. The first-order valence-electron chi connectivity index (χ1n) is 10.7. The second-order valence-corrected chi connectivity index (χ2v) is 8.41. The van der Waals surface area contributed by atoms with Gasteiger partial charge in [-0.25, -0.2) is 9.78 Å². The number of nitrogens with zero attached hydrogens (tertiary/aromatic N) is 2. The molecule has 186 valence electrons. The number of aliphatic hydroxyl groups excluding tert-OH is 1. The standard InChI is InChI=1S/C23H18ClN3O2.C2HF3O2/c24-16-8-5-7-15(12-16)20-18-10-3-4-11-27(18)22(25-20)23(29)26-21-17-9-2-1-6-14(17)13-19(21)28;3-2(4,5)1(6)7/h1-12,19,21,28H,13H2,(H,26,29);(H,6,7)/t19-,21+;/m0./s1. The highest BCUT2D eigenvalue weighted by Crippen LogP contribution is 2.32. The van der Waals surface area contributed by atoms with Crippen molar-refractivity contribution in [1.29, 1.82) is 0 Å². The van der Waals surface area contributed by atoms with E-state index in [1.54, 1.807) is 10.5 Å². The minimum atomic E-state index is -5.08. The molecular weight excluding hydrogens is 499 g/mol. The SMILES string of the molecule is O=C(N[C@@H]1c2ccccc2C[C@@H]1O)c1nc(-c2cccc(Cl)c2)c2ccccn12.O=C(O)C(F)(F)F. The molecule has 0 radical (unpaired) electrons. The summed E-state index contributed by atoms with van der Waals surface area (Å²) in [6.45, 7) is 0. The summed E-state index contributed by atoms with van der Waals surface area (Å²) in [4.78, 5) is 26.7. The van der Waals surface area contributed by atoms with E-state index < -0.39 is 24.3 Å². The first-order valence-corrected chi connectivity index (χ1v) is 11.0. The third-order valence-corrected chi connectivity index (χ3v) is 5.82. The van der Waals surface area contributed by atoms with E-state index in [1.807, 2.05) is 66.9 Å². The van der Waals surface area contributed by atoms with Crippen molar-refractivity contribution in [2.24, 2.45) is 0 Å². The lowest BCUT2D eigenvalue weighted by atomic mass is 10.1. The molecule has 0 unspecified atom stereocenters. The van der Waals surface area contributed by atoms with Gasteiger partial charge in [0.05, 0.1) is 23.4 Å². The summed E-state index contributed by atoms with van der Waals surface area (Å²) >= 11 is 6.15. The summed E-state index contributed by atoms with van der Waals surface area (Å²) in [6.07, 6.45) is -3.41. The fraction of sp³-hybridized carbons (Fsp3) is 0.160. The molecule has 0 spiro atoms. The second kappa shape index (κ2) is 10.00. The predicted octanol–water partition coefficient (Wildman–Crippen LogP) is 4.68. The van der Waals surface area contributed by atoms with Gasteiger partial charge >= 0.3 is 12.1 Å². The molecule has 1 amide bonds. The van der Waals surface area contributed by atoms with Gasteiger partial charge in [-0.1, -0.05) is 54.1 Å². The average molecular weight is 518 g/mol. The zero-order valence-electron chi connectivity index (χ0n) is 18.4. The van der Waals surface area contributed by atoms with Crippen molar-refractivity contribution < 1.29 is 33.0 Å². The molecule has 0 aliphatic heterocycles. The van der Waals surface area contributed by atoms with E-state index in [0.29, 0.717) is 17.1 Å². The zero-order chi connectivity index (χ0) is 26.0. The molecule has 5 rings (SSSR count). The molecule has 0 saturated carbocycles. The molecule has 2 aromatic heterocycles. The number of hydrogen-bond donors (Lipinski definition) is 3. The Bertz CT molecular complexity index is 1440. The van der Waals surface area contributed by atoms with Crippen LogP contribution in [0.5, 0.6) is 0 Å².